The molecule has 1 saturated heterocycles. The van der Waals surface area contributed by atoms with Crippen LogP contribution in [0.3, 0.4) is 0 Å². The van der Waals surface area contributed by atoms with Gasteiger partial charge in [0, 0.05) is 0 Å². The number of rotatable bonds is 1. The molecule has 2 amide bonds. The number of amides is 2. The number of carbonyl (C=O) groups is 2. The predicted octanol–water partition coefficient (Wildman–Crippen LogP) is -0.225. The van der Waals surface area contributed by atoms with Gasteiger partial charge in [0.05, 0.1) is 5.75 Å². The van der Waals surface area contributed by atoms with Gasteiger partial charge in [0.2, 0.25) is 5.91 Å². The second-order valence-corrected chi connectivity index (χ2v) is 4.13. The van der Waals surface area contributed by atoms with E-state index in [1.165, 1.54) is 0 Å². The molecule has 1 fully saturated rings. The molecule has 0 bridgehead atoms. The Labute approximate surface area is 65.8 Å². The summed E-state index contributed by atoms with van der Waals surface area (Å²) in [5.41, 5.74) is 0. The third-order valence-corrected chi connectivity index (χ3v) is 2.87. The molecule has 0 aromatic rings. The second kappa shape index (κ2) is 2.60. The zero-order chi connectivity index (χ0) is 8.65. The second-order valence-electron chi connectivity index (χ2n) is 1.77. The number of carbonyl (C=O) groups excluding carboxylic acids is 2. The summed E-state index contributed by atoms with van der Waals surface area (Å²) in [5, 5.41) is -0.886. The summed E-state index contributed by atoms with van der Waals surface area (Å²) in [6.45, 7) is 0. The molecule has 0 aromatic heterocycles. The lowest BCUT2D eigenvalue weighted by Crippen LogP contribution is -2.24. The first-order valence-corrected chi connectivity index (χ1v) is 5.04. The van der Waals surface area contributed by atoms with E-state index in [1.807, 2.05) is 0 Å². The molecule has 0 unspecified atom stereocenters. The van der Waals surface area contributed by atoms with Crippen LogP contribution >= 0.6 is 19.5 Å². The Bertz CT molecular complexity index is 242. The highest BCUT2D eigenvalue weighted by Gasteiger charge is 2.41. The summed E-state index contributed by atoms with van der Waals surface area (Å²) in [6, 6.07) is 0. The molecular formula is C3H4NO5PS. The van der Waals surface area contributed by atoms with Crippen LogP contribution in [0, 0.1) is 0 Å². The van der Waals surface area contributed by atoms with Crippen LogP contribution in [0.25, 0.3) is 0 Å². The van der Waals surface area contributed by atoms with E-state index in [-0.39, 0.29) is 10.4 Å². The van der Waals surface area contributed by atoms with E-state index in [1.54, 1.807) is 0 Å². The van der Waals surface area contributed by atoms with E-state index in [2.05, 4.69) is 0 Å². The van der Waals surface area contributed by atoms with Crippen LogP contribution in [-0.4, -0.2) is 31.4 Å². The van der Waals surface area contributed by atoms with Gasteiger partial charge in [-0.25, -0.2) is 4.57 Å². The number of thioether (sulfide) groups is 1. The summed E-state index contributed by atoms with van der Waals surface area (Å²) in [6.07, 6.45) is 0. The van der Waals surface area contributed by atoms with Crippen LogP contribution in [-0.2, 0) is 9.36 Å². The molecule has 1 rings (SSSR count). The fraction of sp³-hybridized carbons (Fsp3) is 0.333. The SMILES string of the molecule is O=C1CSC(=O)N1P(=O)(O)O. The predicted molar refractivity (Wildman–Crippen MR) is 36.7 cm³/mol. The van der Waals surface area contributed by atoms with Crippen molar-refractivity contribution < 1.29 is 23.9 Å². The normalized spacial score (nSPS) is 19.6. The minimum Gasteiger partial charge on any atom is -0.308 e. The van der Waals surface area contributed by atoms with E-state index < -0.39 is 18.9 Å². The zero-order valence-corrected chi connectivity index (χ0v) is 6.84. The molecule has 0 aliphatic carbocycles. The lowest BCUT2D eigenvalue weighted by molar-refractivity contribution is -0.121. The Morgan fingerprint density at radius 2 is 2.00 bits per heavy atom. The lowest BCUT2D eigenvalue weighted by atomic mass is 10.7. The van der Waals surface area contributed by atoms with E-state index >= 15 is 0 Å². The van der Waals surface area contributed by atoms with Gasteiger partial charge in [-0.15, -0.1) is 0 Å². The summed E-state index contributed by atoms with van der Waals surface area (Å²) in [5.74, 6) is -1.03. The van der Waals surface area contributed by atoms with Gasteiger partial charge in [0.15, 0.2) is 0 Å². The molecule has 62 valence electrons. The maximum Gasteiger partial charge on any atom is 0.439 e. The summed E-state index contributed by atoms with van der Waals surface area (Å²) in [4.78, 5) is 38.1. The van der Waals surface area contributed by atoms with Gasteiger partial charge in [-0.05, 0) is 0 Å². The van der Waals surface area contributed by atoms with Crippen LogP contribution in [0.5, 0.6) is 0 Å². The third-order valence-electron chi connectivity index (χ3n) is 0.989. The molecule has 0 spiro atoms. The summed E-state index contributed by atoms with van der Waals surface area (Å²) in [7, 11) is -4.71. The molecule has 1 heterocycles. The molecule has 0 radical (unpaired) electrons. The molecule has 1 aliphatic heterocycles. The monoisotopic (exact) mass is 197 g/mol. The van der Waals surface area contributed by atoms with Crippen molar-refractivity contribution in [2.24, 2.45) is 0 Å². The van der Waals surface area contributed by atoms with Gasteiger partial charge >= 0.3 is 7.75 Å². The minimum absolute atomic E-state index is 0.0162. The minimum atomic E-state index is -4.71. The maximum absolute atomic E-state index is 10.6. The summed E-state index contributed by atoms with van der Waals surface area (Å²) < 4.78 is 10.4. The Hall–Kier alpha value is -0.360. The van der Waals surface area contributed by atoms with Crippen LogP contribution in [0.4, 0.5) is 4.79 Å². The highest BCUT2D eigenvalue weighted by molar-refractivity contribution is 8.15. The highest BCUT2D eigenvalue weighted by atomic mass is 32.2. The molecule has 2 N–H and O–H groups in total. The molecule has 6 nitrogen and oxygen atoms in total. The molecule has 11 heavy (non-hydrogen) atoms. The average molecular weight is 197 g/mol. The first-order valence-electron chi connectivity index (χ1n) is 2.48. The molecular weight excluding hydrogens is 193 g/mol. The van der Waals surface area contributed by atoms with Crippen LogP contribution < -0.4 is 0 Å². The number of imide groups is 1. The largest absolute Gasteiger partial charge is 0.439 e. The molecule has 8 heteroatoms. The van der Waals surface area contributed by atoms with Crippen molar-refractivity contribution in [3.05, 3.63) is 0 Å². The Morgan fingerprint density at radius 3 is 2.18 bits per heavy atom. The van der Waals surface area contributed by atoms with Crippen molar-refractivity contribution >= 4 is 30.7 Å². The first kappa shape index (κ1) is 8.73. The van der Waals surface area contributed by atoms with E-state index in [9.17, 15) is 14.2 Å². The first-order chi connectivity index (χ1) is 4.93. The highest BCUT2D eigenvalue weighted by Crippen LogP contribution is 2.45. The quantitative estimate of drug-likeness (QED) is 0.564. The van der Waals surface area contributed by atoms with Crippen LogP contribution in [0.15, 0.2) is 0 Å². The van der Waals surface area contributed by atoms with Gasteiger partial charge in [0.25, 0.3) is 5.24 Å². The van der Waals surface area contributed by atoms with E-state index in [0.29, 0.717) is 11.8 Å². The van der Waals surface area contributed by atoms with E-state index in [0.717, 1.165) is 0 Å². The van der Waals surface area contributed by atoms with Crippen LogP contribution in [0.1, 0.15) is 0 Å². The maximum atomic E-state index is 10.6. The third kappa shape index (κ3) is 1.62. The molecule has 0 aromatic carbocycles. The fourth-order valence-corrected chi connectivity index (χ4v) is 2.36. The van der Waals surface area contributed by atoms with Crippen molar-refractivity contribution in [3.8, 4) is 0 Å². The standard InChI is InChI=1S/C3H4NO5PS/c5-2-1-11-3(6)4(2)10(7,8)9/h1H2,(H2,7,8,9). The Morgan fingerprint density at radius 1 is 1.45 bits per heavy atom. The van der Waals surface area contributed by atoms with Gasteiger partial charge in [-0.1, -0.05) is 11.8 Å². The Balaban J connectivity index is 2.95. The summed E-state index contributed by atoms with van der Waals surface area (Å²) >= 11 is 0.586. The number of hydrogen-bond donors (Lipinski definition) is 2. The molecule has 0 saturated carbocycles. The average Bonchev–Trinajstić information content (AvgIpc) is 2.08. The van der Waals surface area contributed by atoms with Crippen molar-refractivity contribution in [3.63, 3.8) is 0 Å². The van der Waals surface area contributed by atoms with Crippen molar-refractivity contribution in [1.29, 1.82) is 0 Å². The number of hydrogen-bond acceptors (Lipinski definition) is 4. The topological polar surface area (TPSA) is 94.9 Å². The van der Waals surface area contributed by atoms with Crippen molar-refractivity contribution in [2.75, 3.05) is 5.75 Å². The molecule has 1 aliphatic rings. The van der Waals surface area contributed by atoms with Gasteiger partial charge < -0.3 is 9.79 Å². The lowest BCUT2D eigenvalue weighted by Gasteiger charge is -2.12. The van der Waals surface area contributed by atoms with Crippen molar-refractivity contribution in [2.45, 2.75) is 0 Å². The number of nitrogens with zero attached hydrogens (tertiary/aromatic N) is 1. The Kier molecular flexibility index (Phi) is 2.06. The molecule has 0 atom stereocenters. The van der Waals surface area contributed by atoms with Gasteiger partial charge in [-0.3, -0.25) is 9.59 Å². The van der Waals surface area contributed by atoms with Gasteiger partial charge in [-0.2, -0.15) is 4.67 Å². The van der Waals surface area contributed by atoms with E-state index in [4.69, 9.17) is 9.79 Å². The van der Waals surface area contributed by atoms with Crippen LogP contribution in [0.2, 0.25) is 0 Å². The van der Waals surface area contributed by atoms with Crippen molar-refractivity contribution in [1.82, 2.24) is 4.67 Å². The van der Waals surface area contributed by atoms with Gasteiger partial charge in [0.1, 0.15) is 0 Å². The fourth-order valence-electron chi connectivity index (χ4n) is 0.599. The smallest absolute Gasteiger partial charge is 0.308 e. The zero-order valence-electron chi connectivity index (χ0n) is 5.13.